The van der Waals surface area contributed by atoms with Crippen molar-refractivity contribution in [3.63, 3.8) is 0 Å². The third kappa shape index (κ3) is 3.64. The second-order valence-electron chi connectivity index (χ2n) is 8.73. The quantitative estimate of drug-likeness (QED) is 0.265. The van der Waals surface area contributed by atoms with Gasteiger partial charge in [0.15, 0.2) is 0 Å². The molecule has 0 spiro atoms. The van der Waals surface area contributed by atoms with Crippen LogP contribution in [0.2, 0.25) is 0 Å². The Labute approximate surface area is 199 Å². The molecule has 6 rings (SSSR count). The molecule has 2 N–H and O–H groups in total. The van der Waals surface area contributed by atoms with Crippen LogP contribution in [0.5, 0.6) is 0 Å². The molecule has 0 saturated heterocycles. The third-order valence-corrected chi connectivity index (χ3v) is 6.74. The van der Waals surface area contributed by atoms with Crippen LogP contribution in [0.4, 0.5) is 0 Å². The molecule has 6 aromatic rings. The summed E-state index contributed by atoms with van der Waals surface area (Å²) in [7, 11) is 0. The van der Waals surface area contributed by atoms with Crippen molar-refractivity contribution in [2.24, 2.45) is 0 Å². The first-order valence-electron chi connectivity index (χ1n) is 11.8. The van der Waals surface area contributed by atoms with E-state index in [1.165, 1.54) is 44.4 Å². The van der Waals surface area contributed by atoms with Crippen LogP contribution in [-0.4, -0.2) is 9.97 Å². The maximum atomic E-state index is 3.48. The second kappa shape index (κ2) is 8.92. The van der Waals surface area contributed by atoms with Crippen molar-refractivity contribution in [2.45, 2.75) is 11.8 Å². The molecule has 2 unspecified atom stereocenters. The minimum Gasteiger partial charge on any atom is -0.364 e. The average molecular weight is 439 g/mol. The van der Waals surface area contributed by atoms with E-state index in [-0.39, 0.29) is 11.8 Å². The van der Waals surface area contributed by atoms with Crippen LogP contribution in [0.3, 0.4) is 0 Å². The SMILES string of the molecule is c1ccc(C(c2ccc[nH]2)c2cccc3c(C(c4ccccc4)c4ccc[nH]4)cccc23)cc1. The van der Waals surface area contributed by atoms with Gasteiger partial charge in [0.05, 0.1) is 0 Å². The molecule has 0 radical (unpaired) electrons. The topological polar surface area (TPSA) is 31.6 Å². The van der Waals surface area contributed by atoms with Crippen LogP contribution >= 0.6 is 0 Å². The lowest BCUT2D eigenvalue weighted by atomic mass is 9.81. The van der Waals surface area contributed by atoms with Crippen LogP contribution < -0.4 is 0 Å². The third-order valence-electron chi connectivity index (χ3n) is 6.74. The molecule has 0 aliphatic heterocycles. The zero-order valence-corrected chi connectivity index (χ0v) is 18.9. The van der Waals surface area contributed by atoms with Crippen molar-refractivity contribution in [2.75, 3.05) is 0 Å². The van der Waals surface area contributed by atoms with Gasteiger partial charge >= 0.3 is 0 Å². The number of fused-ring (bicyclic) bond motifs is 1. The standard InChI is InChI=1S/C32H26N2/c1-3-11-23(12-4-1)31(29-19-9-21-33-29)27-17-7-16-26-25(27)15-8-18-28(26)32(30-20-10-22-34-30)24-13-5-2-6-14-24/h1-22,31-34H. The summed E-state index contributed by atoms with van der Waals surface area (Å²) >= 11 is 0. The van der Waals surface area contributed by atoms with E-state index in [0.29, 0.717) is 0 Å². The summed E-state index contributed by atoms with van der Waals surface area (Å²) in [6.45, 7) is 0. The summed E-state index contributed by atoms with van der Waals surface area (Å²) in [5.74, 6) is 0.270. The number of rotatable bonds is 6. The fourth-order valence-electron chi connectivity index (χ4n) is 5.25. The van der Waals surface area contributed by atoms with E-state index in [1.807, 2.05) is 12.4 Å². The summed E-state index contributed by atoms with van der Waals surface area (Å²) in [5.41, 5.74) is 7.59. The maximum absolute atomic E-state index is 3.48. The van der Waals surface area contributed by atoms with Crippen LogP contribution in [0.1, 0.15) is 45.5 Å². The van der Waals surface area contributed by atoms with Gasteiger partial charge in [0, 0.05) is 35.6 Å². The molecular weight excluding hydrogens is 412 g/mol. The number of nitrogens with one attached hydrogen (secondary N) is 2. The normalized spacial score (nSPS) is 13.1. The first-order chi connectivity index (χ1) is 16.9. The Kier molecular flexibility index (Phi) is 5.33. The monoisotopic (exact) mass is 438 g/mol. The first-order valence-corrected chi connectivity index (χ1v) is 11.8. The lowest BCUT2D eigenvalue weighted by Crippen LogP contribution is -2.07. The van der Waals surface area contributed by atoms with E-state index in [4.69, 9.17) is 0 Å². The Balaban J connectivity index is 1.59. The maximum Gasteiger partial charge on any atom is 0.0496 e. The molecular formula is C32H26N2. The summed E-state index contributed by atoms with van der Waals surface area (Å²) in [6.07, 6.45) is 4.02. The highest BCUT2D eigenvalue weighted by atomic mass is 14.7. The highest BCUT2D eigenvalue weighted by Gasteiger charge is 2.23. The lowest BCUT2D eigenvalue weighted by molar-refractivity contribution is 0.934. The minimum absolute atomic E-state index is 0.135. The van der Waals surface area contributed by atoms with Gasteiger partial charge in [0.1, 0.15) is 0 Å². The lowest BCUT2D eigenvalue weighted by Gasteiger charge is -2.23. The number of H-pyrrole nitrogens is 2. The highest BCUT2D eigenvalue weighted by Crippen LogP contribution is 2.40. The van der Waals surface area contributed by atoms with Gasteiger partial charge in [-0.2, -0.15) is 0 Å². The van der Waals surface area contributed by atoms with Gasteiger partial charge in [0.25, 0.3) is 0 Å². The molecule has 164 valence electrons. The Hall–Kier alpha value is -4.30. The number of hydrogen-bond acceptors (Lipinski definition) is 0. The van der Waals surface area contributed by atoms with Crippen LogP contribution in [0.25, 0.3) is 10.8 Å². The highest BCUT2D eigenvalue weighted by molar-refractivity contribution is 5.91. The molecule has 34 heavy (non-hydrogen) atoms. The summed E-state index contributed by atoms with van der Waals surface area (Å²) in [6, 6.07) is 43.6. The molecule has 0 amide bonds. The molecule has 0 fully saturated rings. The summed E-state index contributed by atoms with van der Waals surface area (Å²) in [4.78, 5) is 6.96. The van der Waals surface area contributed by atoms with Gasteiger partial charge in [-0.1, -0.05) is 97.1 Å². The molecule has 4 aromatic carbocycles. The first kappa shape index (κ1) is 20.3. The zero-order valence-electron chi connectivity index (χ0n) is 18.9. The van der Waals surface area contributed by atoms with Gasteiger partial charge < -0.3 is 9.97 Å². The predicted octanol–water partition coefficient (Wildman–Crippen LogP) is 7.86. The van der Waals surface area contributed by atoms with Gasteiger partial charge in [0.2, 0.25) is 0 Å². The summed E-state index contributed by atoms with van der Waals surface area (Å²) < 4.78 is 0. The minimum atomic E-state index is 0.135. The van der Waals surface area contributed by atoms with Crippen molar-refractivity contribution in [1.82, 2.24) is 9.97 Å². The van der Waals surface area contributed by atoms with Gasteiger partial charge in [-0.05, 0) is 57.3 Å². The number of aromatic amines is 2. The fraction of sp³-hybridized carbons (Fsp3) is 0.0625. The van der Waals surface area contributed by atoms with Crippen molar-refractivity contribution >= 4 is 10.8 Å². The van der Waals surface area contributed by atoms with Gasteiger partial charge in [-0.3, -0.25) is 0 Å². The van der Waals surface area contributed by atoms with E-state index >= 15 is 0 Å². The van der Waals surface area contributed by atoms with Crippen molar-refractivity contribution in [3.05, 3.63) is 167 Å². The van der Waals surface area contributed by atoms with Crippen LogP contribution in [0.15, 0.2) is 134 Å². The zero-order chi connectivity index (χ0) is 22.7. The Bertz CT molecular complexity index is 1360. The van der Waals surface area contributed by atoms with E-state index in [2.05, 4.69) is 131 Å². The molecule has 0 saturated carbocycles. The molecule has 0 aliphatic carbocycles. The molecule has 0 bridgehead atoms. The van der Waals surface area contributed by atoms with E-state index in [1.54, 1.807) is 0 Å². The van der Waals surface area contributed by atoms with E-state index < -0.39 is 0 Å². The molecule has 2 nitrogen and oxygen atoms in total. The molecule has 0 aliphatic rings. The smallest absolute Gasteiger partial charge is 0.0496 e. The van der Waals surface area contributed by atoms with E-state index in [0.717, 1.165) is 0 Å². The Morgan fingerprint density at radius 1 is 0.382 bits per heavy atom. The van der Waals surface area contributed by atoms with Gasteiger partial charge in [-0.15, -0.1) is 0 Å². The molecule has 2 heterocycles. The van der Waals surface area contributed by atoms with Crippen molar-refractivity contribution < 1.29 is 0 Å². The van der Waals surface area contributed by atoms with Crippen LogP contribution in [0, 0.1) is 0 Å². The Morgan fingerprint density at radius 3 is 1.21 bits per heavy atom. The second-order valence-corrected chi connectivity index (χ2v) is 8.73. The summed E-state index contributed by atoms with van der Waals surface area (Å²) in [5, 5.41) is 2.58. The molecule has 2 atom stereocenters. The largest absolute Gasteiger partial charge is 0.364 e. The number of hydrogen-bond donors (Lipinski definition) is 2. The number of aromatic nitrogens is 2. The predicted molar refractivity (Wildman–Crippen MR) is 140 cm³/mol. The Morgan fingerprint density at radius 2 is 0.824 bits per heavy atom. The van der Waals surface area contributed by atoms with Crippen LogP contribution in [-0.2, 0) is 0 Å². The molecule has 2 aromatic heterocycles. The van der Waals surface area contributed by atoms with E-state index in [9.17, 15) is 0 Å². The molecule has 2 heteroatoms. The van der Waals surface area contributed by atoms with Crippen molar-refractivity contribution in [3.8, 4) is 0 Å². The number of benzene rings is 4. The fourth-order valence-corrected chi connectivity index (χ4v) is 5.25. The average Bonchev–Trinajstić information content (AvgIpc) is 3.62. The van der Waals surface area contributed by atoms with Crippen molar-refractivity contribution in [1.29, 1.82) is 0 Å². The van der Waals surface area contributed by atoms with Gasteiger partial charge in [-0.25, -0.2) is 0 Å².